The van der Waals surface area contributed by atoms with Crippen molar-refractivity contribution in [3.05, 3.63) is 42.1 Å². The lowest BCUT2D eigenvalue weighted by Gasteiger charge is -2.22. The summed E-state index contributed by atoms with van der Waals surface area (Å²) in [6.07, 6.45) is 5.84. The molecule has 0 atom stereocenters. The minimum absolute atomic E-state index is 0.295. The second kappa shape index (κ2) is 6.36. The smallest absolute Gasteiger partial charge is 0.340 e. The lowest BCUT2D eigenvalue weighted by Crippen LogP contribution is -2.20. The lowest BCUT2D eigenvalue weighted by atomic mass is 10.0. The molecule has 0 saturated carbocycles. The van der Waals surface area contributed by atoms with Gasteiger partial charge in [0.25, 0.3) is 0 Å². The molecule has 3 rings (SSSR count). The maximum absolute atomic E-state index is 12.1. The molecule has 1 aliphatic heterocycles. The summed E-state index contributed by atoms with van der Waals surface area (Å²) >= 11 is 0. The molecule has 1 aromatic heterocycles. The van der Waals surface area contributed by atoms with Crippen molar-refractivity contribution < 1.29 is 14.3 Å². The molecule has 22 heavy (non-hydrogen) atoms. The monoisotopic (exact) mass is 299 g/mol. The molecule has 4 nitrogen and oxygen atoms in total. The van der Waals surface area contributed by atoms with Crippen molar-refractivity contribution in [3.8, 4) is 0 Å². The predicted molar refractivity (Wildman–Crippen MR) is 86.9 cm³/mol. The highest BCUT2D eigenvalue weighted by Gasteiger charge is 2.19. The summed E-state index contributed by atoms with van der Waals surface area (Å²) in [5.41, 5.74) is 2.69. The SMILES string of the molecule is C=Cc1ccc2c(c1)c(C(=O)OC)cn2CC1CCOCC1. The minimum Gasteiger partial charge on any atom is -0.465 e. The van der Waals surface area contributed by atoms with Crippen LogP contribution < -0.4 is 0 Å². The average molecular weight is 299 g/mol. The lowest BCUT2D eigenvalue weighted by molar-refractivity contribution is 0.0595. The number of benzene rings is 1. The Hall–Kier alpha value is -2.07. The van der Waals surface area contributed by atoms with Gasteiger partial charge in [-0.3, -0.25) is 0 Å². The molecule has 0 amide bonds. The average Bonchev–Trinajstić information content (AvgIpc) is 2.93. The van der Waals surface area contributed by atoms with Gasteiger partial charge < -0.3 is 14.0 Å². The molecule has 2 heterocycles. The van der Waals surface area contributed by atoms with Gasteiger partial charge in [0.15, 0.2) is 0 Å². The van der Waals surface area contributed by atoms with E-state index < -0.39 is 0 Å². The van der Waals surface area contributed by atoms with Crippen LogP contribution >= 0.6 is 0 Å². The molecular weight excluding hydrogens is 278 g/mol. The molecule has 1 fully saturated rings. The summed E-state index contributed by atoms with van der Waals surface area (Å²) in [6.45, 7) is 6.36. The maximum Gasteiger partial charge on any atom is 0.340 e. The van der Waals surface area contributed by atoms with Gasteiger partial charge in [-0.15, -0.1) is 0 Å². The number of nitrogens with zero attached hydrogens (tertiary/aromatic N) is 1. The van der Waals surface area contributed by atoms with Crippen molar-refractivity contribution >= 4 is 22.9 Å². The van der Waals surface area contributed by atoms with Gasteiger partial charge in [0.2, 0.25) is 0 Å². The van der Waals surface area contributed by atoms with Crippen LogP contribution in [0.1, 0.15) is 28.8 Å². The molecule has 4 heteroatoms. The zero-order valence-electron chi connectivity index (χ0n) is 12.9. The summed E-state index contributed by atoms with van der Waals surface area (Å²) < 4.78 is 12.5. The highest BCUT2D eigenvalue weighted by molar-refractivity contribution is 6.04. The Morgan fingerprint density at radius 3 is 2.91 bits per heavy atom. The molecule has 1 aliphatic rings. The van der Waals surface area contributed by atoms with E-state index in [2.05, 4.69) is 17.2 Å². The van der Waals surface area contributed by atoms with Gasteiger partial charge in [0, 0.05) is 36.9 Å². The van der Waals surface area contributed by atoms with Crippen molar-refractivity contribution in [2.75, 3.05) is 20.3 Å². The van der Waals surface area contributed by atoms with Gasteiger partial charge in [-0.05, 0) is 36.5 Å². The molecule has 116 valence electrons. The summed E-state index contributed by atoms with van der Waals surface area (Å²) in [5.74, 6) is 0.297. The van der Waals surface area contributed by atoms with E-state index in [1.165, 1.54) is 7.11 Å². The molecule has 0 radical (unpaired) electrons. The standard InChI is InChI=1S/C18H21NO3/c1-3-13-4-5-17-15(10-13)16(18(20)21-2)12-19(17)11-14-6-8-22-9-7-14/h3-5,10,12,14H,1,6-9,11H2,2H3. The molecule has 1 saturated heterocycles. The molecule has 0 spiro atoms. The van der Waals surface area contributed by atoms with Crippen molar-refractivity contribution in [2.45, 2.75) is 19.4 Å². The first-order valence-corrected chi connectivity index (χ1v) is 7.64. The van der Waals surface area contributed by atoms with Crippen LogP contribution in [0, 0.1) is 5.92 Å². The fraction of sp³-hybridized carbons (Fsp3) is 0.389. The molecule has 0 unspecified atom stereocenters. The zero-order valence-corrected chi connectivity index (χ0v) is 12.9. The Bertz CT molecular complexity index is 696. The van der Waals surface area contributed by atoms with E-state index in [4.69, 9.17) is 9.47 Å². The largest absolute Gasteiger partial charge is 0.465 e. The maximum atomic E-state index is 12.1. The van der Waals surface area contributed by atoms with Gasteiger partial charge in [0.1, 0.15) is 0 Å². The number of ether oxygens (including phenoxy) is 2. The number of fused-ring (bicyclic) bond motifs is 1. The third kappa shape index (κ3) is 2.79. The Kier molecular flexibility index (Phi) is 4.29. The van der Waals surface area contributed by atoms with Gasteiger partial charge in [-0.25, -0.2) is 4.79 Å². The molecule has 0 N–H and O–H groups in total. The first kappa shape index (κ1) is 14.9. The van der Waals surface area contributed by atoms with E-state index in [0.717, 1.165) is 49.1 Å². The summed E-state index contributed by atoms with van der Waals surface area (Å²) in [6, 6.07) is 6.07. The zero-order chi connectivity index (χ0) is 15.5. The number of hydrogen-bond acceptors (Lipinski definition) is 3. The number of aromatic nitrogens is 1. The first-order chi connectivity index (χ1) is 10.7. The van der Waals surface area contributed by atoms with Gasteiger partial charge in [0.05, 0.1) is 12.7 Å². The first-order valence-electron chi connectivity index (χ1n) is 7.64. The normalized spacial score (nSPS) is 15.9. The second-order valence-electron chi connectivity index (χ2n) is 5.72. The fourth-order valence-corrected chi connectivity index (χ4v) is 3.07. The Balaban J connectivity index is 2.01. The number of esters is 1. The number of methoxy groups -OCH3 is 1. The van der Waals surface area contributed by atoms with Gasteiger partial charge in [-0.1, -0.05) is 18.7 Å². The van der Waals surface area contributed by atoms with E-state index in [1.807, 2.05) is 18.3 Å². The van der Waals surface area contributed by atoms with Crippen molar-refractivity contribution in [1.82, 2.24) is 4.57 Å². The van der Waals surface area contributed by atoms with Crippen LogP contribution in [0.4, 0.5) is 0 Å². The quantitative estimate of drug-likeness (QED) is 0.811. The highest BCUT2D eigenvalue weighted by atomic mass is 16.5. The number of carbonyl (C=O) groups is 1. The summed E-state index contributed by atoms with van der Waals surface area (Å²) in [4.78, 5) is 12.1. The van der Waals surface area contributed by atoms with E-state index >= 15 is 0 Å². The van der Waals surface area contributed by atoms with Crippen molar-refractivity contribution in [2.24, 2.45) is 5.92 Å². The van der Waals surface area contributed by atoms with Crippen LogP contribution in [0.3, 0.4) is 0 Å². The minimum atomic E-state index is -0.295. The second-order valence-corrected chi connectivity index (χ2v) is 5.72. The predicted octanol–water partition coefficient (Wildman–Crippen LogP) is 3.50. The van der Waals surface area contributed by atoms with Crippen LogP contribution in [0.2, 0.25) is 0 Å². The van der Waals surface area contributed by atoms with Crippen LogP contribution in [0.25, 0.3) is 17.0 Å². The van der Waals surface area contributed by atoms with Crippen molar-refractivity contribution in [1.29, 1.82) is 0 Å². The van der Waals surface area contributed by atoms with E-state index in [1.54, 1.807) is 6.08 Å². The fourth-order valence-electron chi connectivity index (χ4n) is 3.07. The summed E-state index contributed by atoms with van der Waals surface area (Å²) in [5, 5.41) is 0.927. The van der Waals surface area contributed by atoms with E-state index in [9.17, 15) is 4.79 Å². The number of rotatable bonds is 4. The third-order valence-corrected chi connectivity index (χ3v) is 4.34. The van der Waals surface area contributed by atoms with E-state index in [-0.39, 0.29) is 5.97 Å². The van der Waals surface area contributed by atoms with E-state index in [0.29, 0.717) is 11.5 Å². The molecule has 2 aromatic rings. The highest BCUT2D eigenvalue weighted by Crippen LogP contribution is 2.27. The number of hydrogen-bond donors (Lipinski definition) is 0. The van der Waals surface area contributed by atoms with Gasteiger partial charge >= 0.3 is 5.97 Å². The molecular formula is C18H21NO3. The Labute approximate surface area is 130 Å². The Morgan fingerprint density at radius 2 is 2.23 bits per heavy atom. The van der Waals surface area contributed by atoms with Crippen LogP contribution in [-0.4, -0.2) is 30.9 Å². The summed E-state index contributed by atoms with van der Waals surface area (Å²) in [7, 11) is 1.42. The van der Waals surface area contributed by atoms with Crippen molar-refractivity contribution in [3.63, 3.8) is 0 Å². The molecule has 0 aliphatic carbocycles. The van der Waals surface area contributed by atoms with Crippen LogP contribution in [0.5, 0.6) is 0 Å². The Morgan fingerprint density at radius 1 is 1.45 bits per heavy atom. The van der Waals surface area contributed by atoms with Crippen LogP contribution in [0.15, 0.2) is 31.0 Å². The van der Waals surface area contributed by atoms with Crippen LogP contribution in [-0.2, 0) is 16.0 Å². The topological polar surface area (TPSA) is 40.5 Å². The molecule has 0 bridgehead atoms. The number of carbonyl (C=O) groups excluding carboxylic acids is 1. The third-order valence-electron chi connectivity index (χ3n) is 4.34. The molecule has 1 aromatic carbocycles. The van der Waals surface area contributed by atoms with Gasteiger partial charge in [-0.2, -0.15) is 0 Å².